The number of hydrogen-bond acceptors (Lipinski definition) is 1. The molecule has 0 aliphatic rings. The zero-order valence-corrected chi connectivity index (χ0v) is 12.3. The highest BCUT2D eigenvalue weighted by atomic mass is 127. The smallest absolute Gasteiger partial charge is 0.192 e. The molecule has 1 nitrogen and oxygen atoms in total. The molecule has 0 aliphatic carbocycles. The predicted octanol–water partition coefficient (Wildman–Crippen LogP) is 4.35. The summed E-state index contributed by atoms with van der Waals surface area (Å²) in [7, 11) is -1.37. The minimum atomic E-state index is -1.37. The molecule has 78 valence electrons. The largest absolute Gasteiger partial charge is 0.411 e. The molecule has 1 atom stereocenters. The maximum Gasteiger partial charge on any atom is 0.192 e. The van der Waals surface area contributed by atoms with Gasteiger partial charge in [0.1, 0.15) is 0 Å². The van der Waals surface area contributed by atoms with Gasteiger partial charge in [0.2, 0.25) is 0 Å². The highest BCUT2D eigenvalue weighted by Crippen LogP contribution is 2.23. The van der Waals surface area contributed by atoms with Crippen LogP contribution in [0.2, 0.25) is 18.1 Å². The maximum absolute atomic E-state index is 6.17. The molecule has 0 aliphatic heterocycles. The molecule has 0 spiro atoms. The van der Waals surface area contributed by atoms with Crippen LogP contribution in [-0.2, 0) is 4.43 Å². The third-order valence-corrected chi connectivity index (χ3v) is 7.87. The highest BCUT2D eigenvalue weighted by Gasteiger charge is 2.29. The molecule has 0 aromatic rings. The summed E-state index contributed by atoms with van der Waals surface area (Å²) >= 11 is 2.25. The molecule has 0 fully saturated rings. The summed E-state index contributed by atoms with van der Waals surface area (Å²) in [5, 5.41) is 0. The Hall–Kier alpha value is 0.647. The Morgan fingerprint density at radius 3 is 2.00 bits per heavy atom. The maximum atomic E-state index is 6.17. The van der Waals surface area contributed by atoms with Crippen LogP contribution in [0.3, 0.4) is 0 Å². The molecule has 0 radical (unpaired) electrons. The number of rotatable bonds is 6. The van der Waals surface area contributed by atoms with E-state index in [2.05, 4.69) is 56.4 Å². The van der Waals surface area contributed by atoms with Gasteiger partial charge in [-0.25, -0.2) is 0 Å². The molecule has 0 unspecified atom stereocenters. The fraction of sp³-hybridized carbons (Fsp3) is 0.800. The van der Waals surface area contributed by atoms with E-state index in [1.54, 1.807) is 0 Å². The standard InChI is InChI=1S/C10H21IOSi/c1-5-13(6-2,7-3)12-10(4)8-9-11/h8-10H,5-7H2,1-4H3/b9-8+/t10-/m1/s1. The van der Waals surface area contributed by atoms with Crippen molar-refractivity contribution in [1.29, 1.82) is 0 Å². The minimum absolute atomic E-state index is 0.295. The van der Waals surface area contributed by atoms with Crippen molar-refractivity contribution in [3.8, 4) is 0 Å². The summed E-state index contributed by atoms with van der Waals surface area (Å²) in [6.07, 6.45) is 2.42. The van der Waals surface area contributed by atoms with Gasteiger partial charge in [-0.15, -0.1) is 0 Å². The Morgan fingerprint density at radius 2 is 1.69 bits per heavy atom. The van der Waals surface area contributed by atoms with E-state index in [9.17, 15) is 0 Å². The van der Waals surface area contributed by atoms with Crippen molar-refractivity contribution in [2.45, 2.75) is 51.9 Å². The van der Waals surface area contributed by atoms with Crippen LogP contribution in [0.1, 0.15) is 27.7 Å². The number of halogens is 1. The van der Waals surface area contributed by atoms with Crippen molar-refractivity contribution < 1.29 is 4.43 Å². The lowest BCUT2D eigenvalue weighted by molar-refractivity contribution is 0.252. The third-order valence-electron chi connectivity index (χ3n) is 2.71. The van der Waals surface area contributed by atoms with Gasteiger partial charge in [-0.3, -0.25) is 0 Å². The first-order valence-corrected chi connectivity index (χ1v) is 8.86. The van der Waals surface area contributed by atoms with Gasteiger partial charge in [0, 0.05) is 0 Å². The molecule has 0 rings (SSSR count). The molecular weight excluding hydrogens is 291 g/mol. The average molecular weight is 312 g/mol. The summed E-state index contributed by atoms with van der Waals surface area (Å²) in [5.74, 6) is 0. The monoisotopic (exact) mass is 312 g/mol. The molecule has 0 amide bonds. The van der Waals surface area contributed by atoms with Gasteiger partial charge in [0.25, 0.3) is 0 Å². The van der Waals surface area contributed by atoms with E-state index >= 15 is 0 Å². The first kappa shape index (κ1) is 13.6. The van der Waals surface area contributed by atoms with Crippen LogP contribution < -0.4 is 0 Å². The van der Waals surface area contributed by atoms with Crippen LogP contribution in [0.25, 0.3) is 0 Å². The van der Waals surface area contributed by atoms with E-state index < -0.39 is 8.32 Å². The van der Waals surface area contributed by atoms with Crippen molar-refractivity contribution in [2.75, 3.05) is 0 Å². The molecule has 13 heavy (non-hydrogen) atoms. The van der Waals surface area contributed by atoms with E-state index in [0.29, 0.717) is 6.10 Å². The van der Waals surface area contributed by atoms with Crippen molar-refractivity contribution in [1.82, 2.24) is 0 Å². The lowest BCUT2D eigenvalue weighted by atomic mass is 10.4. The van der Waals surface area contributed by atoms with Crippen LogP contribution >= 0.6 is 22.6 Å². The van der Waals surface area contributed by atoms with E-state index in [-0.39, 0.29) is 0 Å². The highest BCUT2D eigenvalue weighted by molar-refractivity contribution is 14.1. The first-order chi connectivity index (χ1) is 6.14. The molecule has 0 N–H and O–H groups in total. The summed E-state index contributed by atoms with van der Waals surface area (Å²) in [6, 6.07) is 3.71. The van der Waals surface area contributed by atoms with Crippen molar-refractivity contribution in [2.24, 2.45) is 0 Å². The second-order valence-electron chi connectivity index (χ2n) is 3.39. The molecule has 0 aromatic carbocycles. The van der Waals surface area contributed by atoms with Crippen molar-refractivity contribution in [3.05, 3.63) is 10.2 Å². The van der Waals surface area contributed by atoms with E-state index in [1.807, 2.05) is 4.08 Å². The van der Waals surface area contributed by atoms with E-state index in [0.717, 1.165) is 0 Å². The van der Waals surface area contributed by atoms with E-state index in [1.165, 1.54) is 18.1 Å². The molecule has 0 aromatic heterocycles. The number of hydrogen-bond donors (Lipinski definition) is 0. The fourth-order valence-electron chi connectivity index (χ4n) is 1.54. The second kappa shape index (κ2) is 7.01. The Kier molecular flexibility index (Phi) is 7.36. The van der Waals surface area contributed by atoms with Gasteiger partial charge in [-0.2, -0.15) is 0 Å². The van der Waals surface area contributed by atoms with Gasteiger partial charge < -0.3 is 4.43 Å². The quantitative estimate of drug-likeness (QED) is 0.523. The Labute approximate surface area is 97.2 Å². The van der Waals surface area contributed by atoms with Gasteiger partial charge >= 0.3 is 0 Å². The Balaban J connectivity index is 4.23. The molecule has 0 heterocycles. The van der Waals surface area contributed by atoms with Crippen LogP contribution in [-0.4, -0.2) is 14.4 Å². The summed E-state index contributed by atoms with van der Waals surface area (Å²) in [4.78, 5) is 0. The summed E-state index contributed by atoms with van der Waals surface area (Å²) in [6.45, 7) is 8.93. The van der Waals surface area contributed by atoms with Gasteiger partial charge in [-0.1, -0.05) is 49.4 Å². The van der Waals surface area contributed by atoms with E-state index in [4.69, 9.17) is 4.43 Å². The topological polar surface area (TPSA) is 9.23 Å². The lowest BCUT2D eigenvalue weighted by Gasteiger charge is -2.30. The Bertz CT molecular complexity index is 147. The summed E-state index contributed by atoms with van der Waals surface area (Å²) < 4.78 is 8.22. The summed E-state index contributed by atoms with van der Waals surface area (Å²) in [5.41, 5.74) is 0. The third kappa shape index (κ3) is 4.60. The molecular formula is C10H21IOSi. The predicted molar refractivity (Wildman–Crippen MR) is 70.9 cm³/mol. The zero-order valence-electron chi connectivity index (χ0n) is 9.14. The van der Waals surface area contributed by atoms with Gasteiger partial charge in [0.15, 0.2) is 8.32 Å². The molecule has 3 heteroatoms. The van der Waals surface area contributed by atoms with Crippen molar-refractivity contribution >= 4 is 30.9 Å². The zero-order chi connectivity index (χ0) is 10.3. The molecule has 0 saturated heterocycles. The SMILES string of the molecule is CC[Si](CC)(CC)O[C@H](C)/C=C/I. The Morgan fingerprint density at radius 1 is 1.23 bits per heavy atom. The first-order valence-electron chi connectivity index (χ1n) is 5.08. The fourth-order valence-corrected chi connectivity index (χ4v) is 4.99. The minimum Gasteiger partial charge on any atom is -0.411 e. The van der Waals surface area contributed by atoms with Crippen LogP contribution in [0.4, 0.5) is 0 Å². The van der Waals surface area contributed by atoms with Crippen molar-refractivity contribution in [3.63, 3.8) is 0 Å². The lowest BCUT2D eigenvalue weighted by Crippen LogP contribution is -2.38. The van der Waals surface area contributed by atoms with Crippen LogP contribution in [0.5, 0.6) is 0 Å². The molecule has 0 saturated carbocycles. The van der Waals surface area contributed by atoms with Crippen LogP contribution in [0.15, 0.2) is 10.2 Å². The average Bonchev–Trinajstić information content (AvgIpc) is 2.15. The van der Waals surface area contributed by atoms with Gasteiger partial charge in [0.05, 0.1) is 6.10 Å². The normalized spacial score (nSPS) is 15.2. The molecule has 0 bridgehead atoms. The van der Waals surface area contributed by atoms with Gasteiger partial charge in [-0.05, 0) is 29.1 Å². The van der Waals surface area contributed by atoms with Crippen LogP contribution in [0, 0.1) is 0 Å². The second-order valence-corrected chi connectivity index (χ2v) is 8.83.